The van der Waals surface area contributed by atoms with Gasteiger partial charge in [0.25, 0.3) is 0 Å². The third kappa shape index (κ3) is 3.60. The first kappa shape index (κ1) is 14.9. The number of hydrogen-bond donors (Lipinski definition) is 1. The Morgan fingerprint density at radius 3 is 2.70 bits per heavy atom. The van der Waals surface area contributed by atoms with Crippen LogP contribution in [0.1, 0.15) is 5.56 Å². The molecular formula is C17H13F2N3O. The van der Waals surface area contributed by atoms with Crippen molar-refractivity contribution in [3.8, 4) is 5.69 Å². The van der Waals surface area contributed by atoms with Gasteiger partial charge in [0.15, 0.2) is 0 Å². The Hall–Kier alpha value is -3.02. The molecule has 1 heterocycles. The molecule has 0 unspecified atom stereocenters. The summed E-state index contributed by atoms with van der Waals surface area (Å²) < 4.78 is 28.2. The average Bonchev–Trinajstić information content (AvgIpc) is 3.00. The molecule has 6 heteroatoms. The van der Waals surface area contributed by atoms with Gasteiger partial charge in [-0.05, 0) is 29.8 Å². The normalized spacial score (nSPS) is 10.5. The van der Waals surface area contributed by atoms with E-state index in [1.54, 1.807) is 17.1 Å². The van der Waals surface area contributed by atoms with E-state index in [1.807, 2.05) is 30.3 Å². The number of benzene rings is 2. The van der Waals surface area contributed by atoms with Crippen molar-refractivity contribution in [3.63, 3.8) is 0 Å². The van der Waals surface area contributed by atoms with Crippen molar-refractivity contribution >= 4 is 11.6 Å². The van der Waals surface area contributed by atoms with E-state index < -0.39 is 17.5 Å². The number of anilines is 1. The third-order valence-electron chi connectivity index (χ3n) is 3.22. The number of hydrogen-bond acceptors (Lipinski definition) is 2. The Morgan fingerprint density at radius 1 is 1.13 bits per heavy atom. The summed E-state index contributed by atoms with van der Waals surface area (Å²) in [5.41, 5.74) is 1.36. The van der Waals surface area contributed by atoms with Crippen LogP contribution in [-0.4, -0.2) is 15.7 Å². The van der Waals surface area contributed by atoms with E-state index in [9.17, 15) is 13.6 Å². The van der Waals surface area contributed by atoms with Crippen LogP contribution in [0.4, 0.5) is 14.5 Å². The predicted octanol–water partition coefficient (Wildman–Crippen LogP) is 3.33. The number of amides is 1. The molecule has 1 aromatic heterocycles. The molecule has 0 radical (unpaired) electrons. The second kappa shape index (κ2) is 6.39. The monoisotopic (exact) mass is 313 g/mol. The van der Waals surface area contributed by atoms with E-state index in [0.29, 0.717) is 5.56 Å². The van der Waals surface area contributed by atoms with Crippen molar-refractivity contribution < 1.29 is 13.6 Å². The molecule has 0 aliphatic carbocycles. The third-order valence-corrected chi connectivity index (χ3v) is 3.22. The first-order valence-electron chi connectivity index (χ1n) is 6.96. The maximum atomic E-state index is 13.5. The first-order chi connectivity index (χ1) is 11.1. The lowest BCUT2D eigenvalue weighted by atomic mass is 10.2. The van der Waals surface area contributed by atoms with E-state index in [1.165, 1.54) is 0 Å². The van der Waals surface area contributed by atoms with Crippen LogP contribution in [0.2, 0.25) is 0 Å². The second-order valence-electron chi connectivity index (χ2n) is 4.98. The summed E-state index contributed by atoms with van der Waals surface area (Å²) in [6, 6.07) is 12.4. The Kier molecular flexibility index (Phi) is 4.14. The van der Waals surface area contributed by atoms with Gasteiger partial charge in [-0.3, -0.25) is 4.79 Å². The summed E-state index contributed by atoms with van der Waals surface area (Å²) in [5.74, 6) is -1.74. The largest absolute Gasteiger partial charge is 0.323 e. The Labute approximate surface area is 131 Å². The molecule has 0 saturated heterocycles. The van der Waals surface area contributed by atoms with E-state index in [4.69, 9.17) is 0 Å². The number of halogens is 2. The van der Waals surface area contributed by atoms with Crippen molar-refractivity contribution in [2.24, 2.45) is 0 Å². The minimum Gasteiger partial charge on any atom is -0.323 e. The van der Waals surface area contributed by atoms with Crippen LogP contribution in [-0.2, 0) is 11.2 Å². The van der Waals surface area contributed by atoms with Gasteiger partial charge in [0, 0.05) is 12.3 Å². The Bertz CT molecular complexity index is 831. The van der Waals surface area contributed by atoms with Crippen molar-refractivity contribution in [2.45, 2.75) is 6.42 Å². The summed E-state index contributed by atoms with van der Waals surface area (Å²) in [6.07, 6.45) is 3.30. The van der Waals surface area contributed by atoms with Gasteiger partial charge in [0.2, 0.25) is 5.91 Å². The van der Waals surface area contributed by atoms with Crippen LogP contribution in [0.5, 0.6) is 0 Å². The van der Waals surface area contributed by atoms with Crippen molar-refractivity contribution in [1.82, 2.24) is 9.78 Å². The molecule has 4 nitrogen and oxygen atoms in total. The lowest BCUT2D eigenvalue weighted by Gasteiger charge is -2.05. The number of carbonyl (C=O) groups excluding carboxylic acids is 1. The molecule has 0 fully saturated rings. The van der Waals surface area contributed by atoms with Gasteiger partial charge in [0.1, 0.15) is 11.6 Å². The minimum absolute atomic E-state index is 0.0167. The fraction of sp³-hybridized carbons (Fsp3) is 0.0588. The predicted molar refractivity (Wildman–Crippen MR) is 82.3 cm³/mol. The molecule has 1 amide bonds. The lowest BCUT2D eigenvalue weighted by Crippen LogP contribution is -2.15. The molecule has 0 atom stereocenters. The van der Waals surface area contributed by atoms with Gasteiger partial charge >= 0.3 is 0 Å². The molecule has 0 aliphatic rings. The summed E-state index contributed by atoms with van der Waals surface area (Å²) in [7, 11) is 0. The standard InChI is InChI=1S/C17H13F2N3O/c18-13-6-7-15(19)16(9-13)21-17(23)8-12-10-20-22(11-12)14-4-2-1-3-5-14/h1-7,9-11H,8H2,(H,21,23). The van der Waals surface area contributed by atoms with Crippen molar-refractivity contribution in [1.29, 1.82) is 0 Å². The molecule has 0 spiro atoms. The number of aromatic nitrogens is 2. The molecule has 3 aromatic rings. The highest BCUT2D eigenvalue weighted by Gasteiger charge is 2.10. The fourth-order valence-corrected chi connectivity index (χ4v) is 2.15. The highest BCUT2D eigenvalue weighted by atomic mass is 19.1. The van der Waals surface area contributed by atoms with Crippen LogP contribution in [0, 0.1) is 11.6 Å². The topological polar surface area (TPSA) is 46.9 Å². The highest BCUT2D eigenvalue weighted by molar-refractivity contribution is 5.92. The summed E-state index contributed by atoms with van der Waals surface area (Å²) in [5, 5.41) is 6.54. The molecule has 116 valence electrons. The quantitative estimate of drug-likeness (QED) is 0.803. The fourth-order valence-electron chi connectivity index (χ4n) is 2.15. The molecule has 0 aliphatic heterocycles. The van der Waals surface area contributed by atoms with E-state index in [0.717, 1.165) is 23.9 Å². The first-order valence-corrected chi connectivity index (χ1v) is 6.96. The Balaban J connectivity index is 1.69. The van der Waals surface area contributed by atoms with Crippen LogP contribution in [0.25, 0.3) is 5.69 Å². The molecule has 0 saturated carbocycles. The zero-order chi connectivity index (χ0) is 16.2. The van der Waals surface area contributed by atoms with Gasteiger partial charge in [-0.2, -0.15) is 5.10 Å². The summed E-state index contributed by atoms with van der Waals surface area (Å²) in [4.78, 5) is 12.0. The smallest absolute Gasteiger partial charge is 0.228 e. The minimum atomic E-state index is -0.681. The average molecular weight is 313 g/mol. The van der Waals surface area contributed by atoms with Gasteiger partial charge in [-0.15, -0.1) is 0 Å². The highest BCUT2D eigenvalue weighted by Crippen LogP contribution is 2.16. The van der Waals surface area contributed by atoms with Crippen LogP contribution >= 0.6 is 0 Å². The van der Waals surface area contributed by atoms with Gasteiger partial charge < -0.3 is 5.32 Å². The van der Waals surface area contributed by atoms with Crippen LogP contribution in [0.3, 0.4) is 0 Å². The van der Waals surface area contributed by atoms with Gasteiger partial charge in [0.05, 0.1) is 24.0 Å². The summed E-state index contributed by atoms with van der Waals surface area (Å²) >= 11 is 0. The van der Waals surface area contributed by atoms with Gasteiger partial charge in [-0.25, -0.2) is 13.5 Å². The van der Waals surface area contributed by atoms with E-state index in [-0.39, 0.29) is 12.1 Å². The molecule has 0 bridgehead atoms. The molecule has 3 rings (SSSR count). The zero-order valence-electron chi connectivity index (χ0n) is 12.0. The SMILES string of the molecule is O=C(Cc1cnn(-c2ccccc2)c1)Nc1cc(F)ccc1F. The maximum Gasteiger partial charge on any atom is 0.228 e. The van der Waals surface area contributed by atoms with E-state index >= 15 is 0 Å². The van der Waals surface area contributed by atoms with Crippen molar-refractivity contribution in [3.05, 3.63) is 78.1 Å². The second-order valence-corrected chi connectivity index (χ2v) is 4.98. The zero-order valence-corrected chi connectivity index (χ0v) is 12.0. The van der Waals surface area contributed by atoms with Crippen LogP contribution in [0.15, 0.2) is 60.9 Å². The summed E-state index contributed by atoms with van der Waals surface area (Å²) in [6.45, 7) is 0. The number of carbonyl (C=O) groups is 1. The number of nitrogens with zero attached hydrogens (tertiary/aromatic N) is 2. The number of nitrogens with one attached hydrogen (secondary N) is 1. The van der Waals surface area contributed by atoms with E-state index in [2.05, 4.69) is 10.4 Å². The number of para-hydroxylation sites is 1. The van der Waals surface area contributed by atoms with Gasteiger partial charge in [-0.1, -0.05) is 18.2 Å². The molecule has 23 heavy (non-hydrogen) atoms. The lowest BCUT2D eigenvalue weighted by molar-refractivity contribution is -0.115. The molecule has 2 aromatic carbocycles. The maximum absolute atomic E-state index is 13.5. The molecular weight excluding hydrogens is 300 g/mol. The molecule has 1 N–H and O–H groups in total. The number of rotatable bonds is 4. The van der Waals surface area contributed by atoms with Crippen molar-refractivity contribution in [2.75, 3.05) is 5.32 Å². The Morgan fingerprint density at radius 2 is 1.91 bits per heavy atom. The van der Waals surface area contributed by atoms with Crippen LogP contribution < -0.4 is 5.32 Å².